The number of carbonyl (C=O) groups excluding carboxylic acids is 1. The molecule has 2 atom stereocenters. The van der Waals surface area contributed by atoms with Crippen molar-refractivity contribution in [2.75, 3.05) is 27.9 Å². The third-order valence-electron chi connectivity index (χ3n) is 4.80. The van der Waals surface area contributed by atoms with Gasteiger partial charge in [0.15, 0.2) is 9.84 Å². The van der Waals surface area contributed by atoms with Gasteiger partial charge in [-0.15, -0.1) is 0 Å². The number of carbonyl (C=O) groups is 1. The molecule has 0 spiro atoms. The molecule has 130 valence electrons. The minimum absolute atomic E-state index is 0.0425. The highest BCUT2D eigenvalue weighted by Gasteiger charge is 2.50. The van der Waals surface area contributed by atoms with Crippen LogP contribution in [0.3, 0.4) is 0 Å². The number of anilines is 2. The smallest absolute Gasteiger partial charge is 0.246 e. The second-order valence-corrected chi connectivity index (χ2v) is 8.95. The highest BCUT2D eigenvalue weighted by atomic mass is 35.5. The van der Waals surface area contributed by atoms with Gasteiger partial charge in [0.2, 0.25) is 5.91 Å². The number of rotatable bonds is 2. The highest BCUT2D eigenvalue weighted by molar-refractivity contribution is 7.91. The van der Waals surface area contributed by atoms with Crippen molar-refractivity contribution in [1.29, 1.82) is 0 Å². The van der Waals surface area contributed by atoms with E-state index in [9.17, 15) is 13.2 Å². The van der Waals surface area contributed by atoms with E-state index in [1.807, 2.05) is 35.2 Å². The second kappa shape index (κ2) is 6.04. The largest absolute Gasteiger partial charge is 0.356 e. The summed E-state index contributed by atoms with van der Waals surface area (Å²) in [5.41, 5.74) is 1.44. The predicted octanol–water partition coefficient (Wildman–Crippen LogP) is 2.36. The molecule has 0 N–H and O–H groups in total. The van der Waals surface area contributed by atoms with Crippen LogP contribution in [0.2, 0.25) is 5.02 Å². The number of halogens is 1. The molecule has 7 heteroatoms. The van der Waals surface area contributed by atoms with E-state index >= 15 is 0 Å². The molecular weight excluding hydrogens is 360 g/mol. The van der Waals surface area contributed by atoms with Crippen LogP contribution in [0, 0.1) is 0 Å². The summed E-state index contributed by atoms with van der Waals surface area (Å²) >= 11 is 6.28. The molecule has 0 aromatic heterocycles. The van der Waals surface area contributed by atoms with Gasteiger partial charge in [-0.25, -0.2) is 8.42 Å². The lowest BCUT2D eigenvalue weighted by Crippen LogP contribution is -2.62. The monoisotopic (exact) mass is 376 g/mol. The molecule has 1 amide bonds. The molecule has 0 radical (unpaired) electrons. The fourth-order valence-corrected chi connectivity index (χ4v) is 5.92. The summed E-state index contributed by atoms with van der Waals surface area (Å²) in [7, 11) is -3.23. The number of hydrogen-bond acceptors (Lipinski definition) is 4. The van der Waals surface area contributed by atoms with Crippen LogP contribution < -0.4 is 9.80 Å². The molecule has 2 aromatic carbocycles. The van der Waals surface area contributed by atoms with Gasteiger partial charge in [-0.2, -0.15) is 0 Å². The maximum atomic E-state index is 12.9. The van der Waals surface area contributed by atoms with Gasteiger partial charge in [-0.3, -0.25) is 4.79 Å². The zero-order valence-corrected chi connectivity index (χ0v) is 14.9. The molecular formula is C18H17ClN2O3S. The standard InChI is InChI=1S/C18H17ClN2O3S/c19-14-8-4-5-9-15(14)21-17-12-25(23,24)11-16(17)20(10-18(21)22)13-6-2-1-3-7-13/h1-9,16-17H,10-12H2. The van der Waals surface area contributed by atoms with Gasteiger partial charge in [-0.05, 0) is 24.3 Å². The quantitative estimate of drug-likeness (QED) is 0.807. The van der Waals surface area contributed by atoms with Gasteiger partial charge in [-0.1, -0.05) is 41.9 Å². The van der Waals surface area contributed by atoms with E-state index in [2.05, 4.69) is 0 Å². The van der Waals surface area contributed by atoms with Gasteiger partial charge in [0, 0.05) is 5.69 Å². The number of fused-ring (bicyclic) bond motifs is 1. The number of amides is 1. The Kier molecular flexibility index (Phi) is 3.96. The zero-order valence-electron chi connectivity index (χ0n) is 13.4. The van der Waals surface area contributed by atoms with Crippen LogP contribution in [-0.4, -0.2) is 44.5 Å². The fraction of sp³-hybridized carbons (Fsp3) is 0.278. The highest BCUT2D eigenvalue weighted by Crippen LogP contribution is 2.36. The molecule has 4 rings (SSSR count). The summed E-state index contributed by atoms with van der Waals surface area (Å²) in [6, 6.07) is 15.8. The molecule has 0 saturated carbocycles. The first-order valence-electron chi connectivity index (χ1n) is 8.05. The third-order valence-corrected chi connectivity index (χ3v) is 6.82. The van der Waals surface area contributed by atoms with Crippen LogP contribution >= 0.6 is 11.6 Å². The number of benzene rings is 2. The molecule has 2 aliphatic rings. The number of piperazine rings is 1. The van der Waals surface area contributed by atoms with Gasteiger partial charge < -0.3 is 9.80 Å². The summed E-state index contributed by atoms with van der Waals surface area (Å²) in [5, 5.41) is 0.451. The number of sulfone groups is 1. The van der Waals surface area contributed by atoms with Crippen molar-refractivity contribution in [2.45, 2.75) is 12.1 Å². The fourth-order valence-electron chi connectivity index (χ4n) is 3.74. The SMILES string of the molecule is O=C1CN(c2ccccc2)C2CS(=O)(=O)CC2N1c1ccccc1Cl. The van der Waals surface area contributed by atoms with E-state index in [4.69, 9.17) is 11.6 Å². The second-order valence-electron chi connectivity index (χ2n) is 6.39. The van der Waals surface area contributed by atoms with Crippen molar-refractivity contribution >= 4 is 38.7 Å². The van der Waals surface area contributed by atoms with Crippen LogP contribution in [0.15, 0.2) is 54.6 Å². The normalized spacial score (nSPS) is 25.1. The average Bonchev–Trinajstić information content (AvgIpc) is 2.91. The van der Waals surface area contributed by atoms with Gasteiger partial charge in [0.1, 0.15) is 0 Å². The summed E-state index contributed by atoms with van der Waals surface area (Å²) in [4.78, 5) is 16.4. The van der Waals surface area contributed by atoms with E-state index in [1.165, 1.54) is 0 Å². The molecule has 2 aromatic rings. The van der Waals surface area contributed by atoms with E-state index in [0.717, 1.165) is 5.69 Å². The van der Waals surface area contributed by atoms with Gasteiger partial charge in [0.05, 0.1) is 40.8 Å². The summed E-state index contributed by atoms with van der Waals surface area (Å²) in [6.07, 6.45) is 0. The Labute approximate surface area is 151 Å². The molecule has 25 heavy (non-hydrogen) atoms. The lowest BCUT2D eigenvalue weighted by atomic mass is 10.0. The summed E-state index contributed by atoms with van der Waals surface area (Å²) in [5.74, 6) is -0.144. The molecule has 2 unspecified atom stereocenters. The first-order valence-corrected chi connectivity index (χ1v) is 10.2. The maximum Gasteiger partial charge on any atom is 0.246 e. The maximum absolute atomic E-state index is 12.9. The minimum atomic E-state index is -3.23. The van der Waals surface area contributed by atoms with Crippen molar-refractivity contribution in [3.8, 4) is 0 Å². The molecule has 2 fully saturated rings. The Bertz CT molecular complexity index is 917. The van der Waals surface area contributed by atoms with Crippen LogP contribution in [0.1, 0.15) is 0 Å². The number of hydrogen-bond donors (Lipinski definition) is 0. The Morgan fingerprint density at radius 1 is 0.920 bits per heavy atom. The van der Waals surface area contributed by atoms with Crippen LogP contribution in [0.4, 0.5) is 11.4 Å². The Morgan fingerprint density at radius 3 is 2.28 bits per heavy atom. The molecule has 0 bridgehead atoms. The summed E-state index contributed by atoms with van der Waals surface area (Å²) < 4.78 is 24.7. The Morgan fingerprint density at radius 2 is 1.56 bits per heavy atom. The average molecular weight is 377 g/mol. The lowest BCUT2D eigenvalue weighted by molar-refractivity contribution is -0.118. The first kappa shape index (κ1) is 16.4. The van der Waals surface area contributed by atoms with E-state index in [-0.39, 0.29) is 30.0 Å². The van der Waals surface area contributed by atoms with Crippen LogP contribution in [-0.2, 0) is 14.6 Å². The van der Waals surface area contributed by atoms with Crippen molar-refractivity contribution in [3.05, 3.63) is 59.6 Å². The topological polar surface area (TPSA) is 57.7 Å². The first-order chi connectivity index (χ1) is 12.0. The third kappa shape index (κ3) is 2.89. The zero-order chi connectivity index (χ0) is 17.6. The van der Waals surface area contributed by atoms with Crippen LogP contribution in [0.5, 0.6) is 0 Å². The predicted molar refractivity (Wildman–Crippen MR) is 99.0 cm³/mol. The van der Waals surface area contributed by atoms with Crippen molar-refractivity contribution in [1.82, 2.24) is 0 Å². The van der Waals surface area contributed by atoms with Gasteiger partial charge in [0.25, 0.3) is 0 Å². The van der Waals surface area contributed by atoms with Crippen LogP contribution in [0.25, 0.3) is 0 Å². The Hall–Kier alpha value is -2.05. The number of para-hydroxylation sites is 2. The van der Waals surface area contributed by atoms with E-state index in [0.29, 0.717) is 10.7 Å². The molecule has 0 aliphatic carbocycles. The van der Waals surface area contributed by atoms with E-state index in [1.54, 1.807) is 29.2 Å². The summed E-state index contributed by atoms with van der Waals surface area (Å²) in [6.45, 7) is 0.131. The van der Waals surface area contributed by atoms with Crippen molar-refractivity contribution < 1.29 is 13.2 Å². The minimum Gasteiger partial charge on any atom is -0.356 e. The van der Waals surface area contributed by atoms with Crippen molar-refractivity contribution in [2.24, 2.45) is 0 Å². The van der Waals surface area contributed by atoms with Crippen molar-refractivity contribution in [3.63, 3.8) is 0 Å². The van der Waals surface area contributed by atoms with Gasteiger partial charge >= 0.3 is 0 Å². The lowest BCUT2D eigenvalue weighted by Gasteiger charge is -2.44. The molecule has 2 saturated heterocycles. The molecule has 2 aliphatic heterocycles. The number of nitrogens with zero attached hydrogens (tertiary/aromatic N) is 2. The molecule has 5 nitrogen and oxygen atoms in total. The van der Waals surface area contributed by atoms with E-state index < -0.39 is 15.9 Å². The molecule has 2 heterocycles. The Balaban J connectivity index is 1.79.